The highest BCUT2D eigenvalue weighted by Crippen LogP contribution is 2.40. The van der Waals surface area contributed by atoms with E-state index in [-0.39, 0.29) is 30.4 Å². The molecular formula is C21H29FN2O3. The largest absolute Gasteiger partial charge is 0.480 e. The molecule has 2 aliphatic carbocycles. The molecule has 0 saturated heterocycles. The van der Waals surface area contributed by atoms with Gasteiger partial charge in [0, 0.05) is 12.1 Å². The van der Waals surface area contributed by atoms with Crippen LogP contribution in [0.25, 0.3) is 0 Å². The number of nitrogens with one attached hydrogen (secondary N) is 1. The van der Waals surface area contributed by atoms with Crippen LogP contribution in [0.4, 0.5) is 4.39 Å². The van der Waals surface area contributed by atoms with Gasteiger partial charge in [-0.15, -0.1) is 0 Å². The van der Waals surface area contributed by atoms with Crippen molar-refractivity contribution >= 4 is 11.9 Å². The zero-order valence-electron chi connectivity index (χ0n) is 15.9. The Labute approximate surface area is 159 Å². The molecule has 0 aliphatic heterocycles. The van der Waals surface area contributed by atoms with E-state index in [4.69, 9.17) is 5.11 Å². The molecule has 0 atom stereocenters. The van der Waals surface area contributed by atoms with E-state index < -0.39 is 11.4 Å². The Morgan fingerprint density at radius 3 is 2.37 bits per heavy atom. The topological polar surface area (TPSA) is 69.6 Å². The second-order valence-corrected chi connectivity index (χ2v) is 7.90. The number of carbonyl (C=O) groups is 2. The normalized spacial score (nSPS) is 24.3. The van der Waals surface area contributed by atoms with Gasteiger partial charge in [0.25, 0.3) is 0 Å². The first kappa shape index (κ1) is 19.8. The standard InChI is InChI=1S/C21H29FN2O3/c1-2-24(14-19(25)26)18-12-17(13-18)23-20(27)21(10-4-3-5-11-21)15-6-8-16(22)9-7-15/h6-9,17-18H,2-5,10-14H2,1H3,(H,23,27)(H,25,26). The van der Waals surface area contributed by atoms with E-state index in [1.807, 2.05) is 11.8 Å². The van der Waals surface area contributed by atoms with Crippen molar-refractivity contribution in [2.45, 2.75) is 69.4 Å². The average Bonchev–Trinajstić information content (AvgIpc) is 2.63. The number of carboxylic acid groups (broad SMARTS) is 1. The summed E-state index contributed by atoms with van der Waals surface area (Å²) in [5, 5.41) is 12.2. The third kappa shape index (κ3) is 4.32. The molecule has 148 valence electrons. The van der Waals surface area contributed by atoms with Crippen LogP contribution in [0.5, 0.6) is 0 Å². The maximum absolute atomic E-state index is 13.3. The fraction of sp³-hybridized carbons (Fsp3) is 0.619. The minimum Gasteiger partial charge on any atom is -0.480 e. The summed E-state index contributed by atoms with van der Waals surface area (Å²) in [7, 11) is 0. The van der Waals surface area contributed by atoms with Crippen molar-refractivity contribution in [3.8, 4) is 0 Å². The van der Waals surface area contributed by atoms with E-state index in [1.54, 1.807) is 12.1 Å². The van der Waals surface area contributed by atoms with E-state index in [1.165, 1.54) is 12.1 Å². The number of amides is 1. The fourth-order valence-electron chi connectivity index (χ4n) is 4.57. The van der Waals surface area contributed by atoms with Gasteiger partial charge in [-0.3, -0.25) is 14.5 Å². The van der Waals surface area contributed by atoms with Gasteiger partial charge in [-0.1, -0.05) is 38.3 Å². The van der Waals surface area contributed by atoms with Crippen molar-refractivity contribution in [2.24, 2.45) is 0 Å². The molecule has 2 saturated carbocycles. The zero-order chi connectivity index (χ0) is 19.4. The summed E-state index contributed by atoms with van der Waals surface area (Å²) < 4.78 is 13.3. The fourth-order valence-corrected chi connectivity index (χ4v) is 4.57. The average molecular weight is 376 g/mol. The van der Waals surface area contributed by atoms with E-state index in [9.17, 15) is 14.0 Å². The molecular weight excluding hydrogens is 347 g/mol. The lowest BCUT2D eigenvalue weighted by Gasteiger charge is -2.44. The summed E-state index contributed by atoms with van der Waals surface area (Å²) in [6.07, 6.45) is 6.28. The first-order chi connectivity index (χ1) is 12.9. The molecule has 1 aromatic rings. The highest BCUT2D eigenvalue weighted by Gasteiger charge is 2.43. The molecule has 2 N–H and O–H groups in total. The number of rotatable bonds is 7. The second kappa shape index (κ2) is 8.38. The summed E-state index contributed by atoms with van der Waals surface area (Å²) in [4.78, 5) is 26.1. The maximum Gasteiger partial charge on any atom is 0.317 e. The van der Waals surface area contributed by atoms with E-state index in [2.05, 4.69) is 5.32 Å². The van der Waals surface area contributed by atoms with Gasteiger partial charge in [0.2, 0.25) is 5.91 Å². The van der Waals surface area contributed by atoms with Crippen LogP contribution in [0, 0.1) is 5.82 Å². The summed E-state index contributed by atoms with van der Waals surface area (Å²) in [5.41, 5.74) is 0.334. The number of hydrogen-bond donors (Lipinski definition) is 2. The van der Waals surface area contributed by atoms with Gasteiger partial charge >= 0.3 is 5.97 Å². The molecule has 0 spiro atoms. The van der Waals surface area contributed by atoms with Crippen molar-refractivity contribution in [1.82, 2.24) is 10.2 Å². The number of nitrogens with zero attached hydrogens (tertiary/aromatic N) is 1. The summed E-state index contributed by atoms with van der Waals surface area (Å²) in [6.45, 7) is 2.69. The molecule has 2 fully saturated rings. The smallest absolute Gasteiger partial charge is 0.317 e. The highest BCUT2D eigenvalue weighted by atomic mass is 19.1. The number of likely N-dealkylation sites (N-methyl/N-ethyl adjacent to an activating group) is 1. The lowest BCUT2D eigenvalue weighted by atomic mass is 9.68. The molecule has 0 bridgehead atoms. The first-order valence-electron chi connectivity index (χ1n) is 9.97. The maximum atomic E-state index is 13.3. The van der Waals surface area contributed by atoms with Crippen molar-refractivity contribution in [3.63, 3.8) is 0 Å². The molecule has 0 radical (unpaired) electrons. The molecule has 3 rings (SSSR count). The second-order valence-electron chi connectivity index (χ2n) is 7.90. The molecule has 5 nitrogen and oxygen atoms in total. The lowest BCUT2D eigenvalue weighted by Crippen LogP contribution is -2.58. The molecule has 1 aromatic carbocycles. The molecule has 2 aliphatic rings. The molecule has 0 aromatic heterocycles. The van der Waals surface area contributed by atoms with E-state index in [0.717, 1.165) is 50.5 Å². The van der Waals surface area contributed by atoms with Crippen molar-refractivity contribution in [3.05, 3.63) is 35.6 Å². The monoisotopic (exact) mass is 376 g/mol. The molecule has 27 heavy (non-hydrogen) atoms. The van der Waals surface area contributed by atoms with Gasteiger partial charge in [-0.05, 0) is 49.9 Å². The Hall–Kier alpha value is -1.95. The SMILES string of the molecule is CCN(CC(=O)O)C1CC(NC(=O)C2(c3ccc(F)cc3)CCCCC2)C1. The first-order valence-corrected chi connectivity index (χ1v) is 9.97. The minimum atomic E-state index is -0.818. The van der Waals surface area contributed by atoms with Crippen LogP contribution in [0.15, 0.2) is 24.3 Å². The van der Waals surface area contributed by atoms with Crippen LogP contribution in [0.2, 0.25) is 0 Å². The summed E-state index contributed by atoms with van der Waals surface area (Å²) in [6, 6.07) is 6.66. The molecule has 0 heterocycles. The Kier molecular flexibility index (Phi) is 6.15. The molecule has 6 heteroatoms. The lowest BCUT2D eigenvalue weighted by molar-refractivity contribution is -0.140. The number of carbonyl (C=O) groups excluding carboxylic acids is 1. The number of hydrogen-bond acceptors (Lipinski definition) is 3. The van der Waals surface area contributed by atoms with Crippen molar-refractivity contribution < 1.29 is 19.1 Å². The van der Waals surface area contributed by atoms with Crippen LogP contribution in [-0.4, -0.2) is 47.1 Å². The van der Waals surface area contributed by atoms with Crippen LogP contribution in [0.1, 0.15) is 57.4 Å². The van der Waals surface area contributed by atoms with Gasteiger partial charge in [0.15, 0.2) is 0 Å². The van der Waals surface area contributed by atoms with Crippen LogP contribution in [-0.2, 0) is 15.0 Å². The van der Waals surface area contributed by atoms with Crippen molar-refractivity contribution in [2.75, 3.05) is 13.1 Å². The number of carboxylic acids is 1. The van der Waals surface area contributed by atoms with Crippen LogP contribution >= 0.6 is 0 Å². The minimum absolute atomic E-state index is 0.0403. The zero-order valence-corrected chi connectivity index (χ0v) is 15.9. The van der Waals surface area contributed by atoms with Gasteiger partial charge in [-0.25, -0.2) is 4.39 Å². The summed E-state index contributed by atoms with van der Waals surface area (Å²) >= 11 is 0. The van der Waals surface area contributed by atoms with Gasteiger partial charge in [0.1, 0.15) is 5.82 Å². The number of halogens is 1. The molecule has 0 unspecified atom stereocenters. The third-order valence-corrected chi connectivity index (χ3v) is 6.25. The van der Waals surface area contributed by atoms with Gasteiger partial charge in [0.05, 0.1) is 12.0 Å². The molecule has 1 amide bonds. The third-order valence-electron chi connectivity index (χ3n) is 6.25. The van der Waals surface area contributed by atoms with E-state index >= 15 is 0 Å². The predicted octanol–water partition coefficient (Wildman–Crippen LogP) is 3.08. The van der Waals surface area contributed by atoms with E-state index in [0.29, 0.717) is 6.54 Å². The Balaban J connectivity index is 1.65. The summed E-state index contributed by atoms with van der Waals surface area (Å²) in [5.74, 6) is -1.06. The Morgan fingerprint density at radius 1 is 1.19 bits per heavy atom. The Bertz CT molecular complexity index is 665. The quantitative estimate of drug-likeness (QED) is 0.767. The Morgan fingerprint density at radius 2 is 1.81 bits per heavy atom. The number of benzene rings is 1. The predicted molar refractivity (Wildman–Crippen MR) is 101 cm³/mol. The highest BCUT2D eigenvalue weighted by molar-refractivity contribution is 5.88. The van der Waals surface area contributed by atoms with Crippen molar-refractivity contribution in [1.29, 1.82) is 0 Å². The van der Waals surface area contributed by atoms with Gasteiger partial charge < -0.3 is 10.4 Å². The number of aliphatic carboxylic acids is 1. The van der Waals surface area contributed by atoms with Crippen LogP contribution < -0.4 is 5.32 Å². The van der Waals surface area contributed by atoms with Gasteiger partial charge in [-0.2, -0.15) is 0 Å². The van der Waals surface area contributed by atoms with Crippen LogP contribution in [0.3, 0.4) is 0 Å².